The zero-order chi connectivity index (χ0) is 13.4. The minimum atomic E-state index is 0.180. The summed E-state index contributed by atoms with van der Waals surface area (Å²) >= 11 is 1.79. The molecule has 0 bridgehead atoms. The summed E-state index contributed by atoms with van der Waals surface area (Å²) in [5.41, 5.74) is 2.54. The van der Waals surface area contributed by atoms with Crippen LogP contribution in [0, 0.1) is 13.8 Å². The first-order valence-corrected chi connectivity index (χ1v) is 7.29. The van der Waals surface area contributed by atoms with Crippen LogP contribution < -0.4 is 5.32 Å². The molecular weight excluding hydrogens is 254 g/mol. The van der Waals surface area contributed by atoms with Crippen molar-refractivity contribution in [2.45, 2.75) is 19.9 Å². The molecule has 0 radical (unpaired) electrons. The van der Waals surface area contributed by atoms with Crippen molar-refractivity contribution in [1.29, 1.82) is 0 Å². The molecule has 1 N–H and O–H groups in total. The number of thiophene rings is 1. The lowest BCUT2D eigenvalue weighted by Gasteiger charge is -2.17. The van der Waals surface area contributed by atoms with E-state index in [1.807, 2.05) is 20.9 Å². The van der Waals surface area contributed by atoms with E-state index in [1.165, 1.54) is 21.2 Å². The van der Waals surface area contributed by atoms with Gasteiger partial charge in [0.2, 0.25) is 0 Å². The van der Waals surface area contributed by atoms with E-state index in [2.05, 4.69) is 41.0 Å². The van der Waals surface area contributed by atoms with Crippen LogP contribution in [0.15, 0.2) is 40.1 Å². The van der Waals surface area contributed by atoms with Crippen LogP contribution in [0.4, 0.5) is 0 Å². The SMILES string of the molecule is CNC(c1cc(C)oc1C)c1cccc2ccsc12. The Hall–Kier alpha value is -1.58. The minimum absolute atomic E-state index is 0.180. The fraction of sp³-hybridized carbons (Fsp3) is 0.250. The third kappa shape index (κ3) is 2.09. The molecule has 0 fully saturated rings. The molecule has 98 valence electrons. The molecule has 19 heavy (non-hydrogen) atoms. The number of benzene rings is 1. The molecule has 2 nitrogen and oxygen atoms in total. The molecule has 2 aromatic heterocycles. The van der Waals surface area contributed by atoms with Gasteiger partial charge in [0.05, 0.1) is 6.04 Å². The molecule has 0 saturated carbocycles. The fourth-order valence-corrected chi connectivity index (χ4v) is 3.60. The smallest absolute Gasteiger partial charge is 0.106 e. The molecule has 0 saturated heterocycles. The summed E-state index contributed by atoms with van der Waals surface area (Å²) in [5, 5.41) is 6.87. The van der Waals surface area contributed by atoms with E-state index in [9.17, 15) is 0 Å². The Morgan fingerprint density at radius 1 is 1.16 bits per heavy atom. The summed E-state index contributed by atoms with van der Waals surface area (Å²) in [5.74, 6) is 1.96. The van der Waals surface area contributed by atoms with Gasteiger partial charge in [-0.25, -0.2) is 0 Å². The molecule has 0 spiro atoms. The maximum absolute atomic E-state index is 5.68. The van der Waals surface area contributed by atoms with Crippen LogP contribution in [0.5, 0.6) is 0 Å². The highest BCUT2D eigenvalue weighted by Crippen LogP contribution is 2.34. The molecule has 1 unspecified atom stereocenters. The average molecular weight is 271 g/mol. The topological polar surface area (TPSA) is 25.2 Å². The average Bonchev–Trinajstić information content (AvgIpc) is 2.98. The van der Waals surface area contributed by atoms with Gasteiger partial charge in [-0.15, -0.1) is 11.3 Å². The van der Waals surface area contributed by atoms with Crippen molar-refractivity contribution in [3.63, 3.8) is 0 Å². The van der Waals surface area contributed by atoms with Gasteiger partial charge in [-0.1, -0.05) is 18.2 Å². The van der Waals surface area contributed by atoms with Gasteiger partial charge in [-0.05, 0) is 49.4 Å². The molecule has 1 aromatic carbocycles. The van der Waals surface area contributed by atoms with Crippen LogP contribution in [-0.2, 0) is 0 Å². The van der Waals surface area contributed by atoms with Gasteiger partial charge >= 0.3 is 0 Å². The number of fused-ring (bicyclic) bond motifs is 1. The third-order valence-corrected chi connectivity index (χ3v) is 4.48. The Morgan fingerprint density at radius 3 is 2.68 bits per heavy atom. The zero-order valence-electron chi connectivity index (χ0n) is 11.4. The summed E-state index contributed by atoms with van der Waals surface area (Å²) in [6, 6.07) is 11.0. The second-order valence-electron chi connectivity index (χ2n) is 4.78. The first-order chi connectivity index (χ1) is 9.20. The lowest BCUT2D eigenvalue weighted by molar-refractivity contribution is 0.497. The van der Waals surface area contributed by atoms with Crippen molar-refractivity contribution in [1.82, 2.24) is 5.32 Å². The van der Waals surface area contributed by atoms with Gasteiger partial charge in [-0.2, -0.15) is 0 Å². The van der Waals surface area contributed by atoms with Crippen LogP contribution >= 0.6 is 11.3 Å². The van der Waals surface area contributed by atoms with Gasteiger partial charge in [-0.3, -0.25) is 0 Å². The second-order valence-corrected chi connectivity index (χ2v) is 5.69. The number of rotatable bonds is 3. The molecule has 1 atom stereocenters. The third-order valence-electron chi connectivity index (χ3n) is 3.50. The predicted molar refractivity (Wildman–Crippen MR) is 80.9 cm³/mol. The number of hydrogen-bond donors (Lipinski definition) is 1. The van der Waals surface area contributed by atoms with Crippen molar-refractivity contribution in [2.24, 2.45) is 0 Å². The summed E-state index contributed by atoms with van der Waals surface area (Å²) < 4.78 is 7.02. The predicted octanol–water partition coefficient (Wildman–Crippen LogP) is 4.42. The Kier molecular flexibility index (Phi) is 3.17. The van der Waals surface area contributed by atoms with E-state index in [0.717, 1.165) is 11.5 Å². The lowest BCUT2D eigenvalue weighted by atomic mass is 9.98. The molecule has 2 heterocycles. The summed E-state index contributed by atoms with van der Waals surface area (Å²) in [6.45, 7) is 4.02. The van der Waals surface area contributed by atoms with E-state index < -0.39 is 0 Å². The summed E-state index contributed by atoms with van der Waals surface area (Å²) in [6.07, 6.45) is 0. The second kappa shape index (κ2) is 4.83. The van der Waals surface area contributed by atoms with Gasteiger partial charge in [0, 0.05) is 10.3 Å². The Balaban J connectivity index is 2.17. The molecule has 0 aliphatic heterocycles. The van der Waals surface area contributed by atoms with Crippen LogP contribution in [0.3, 0.4) is 0 Å². The largest absolute Gasteiger partial charge is 0.466 e. The van der Waals surface area contributed by atoms with E-state index in [1.54, 1.807) is 11.3 Å². The van der Waals surface area contributed by atoms with Gasteiger partial charge in [0.25, 0.3) is 0 Å². The van der Waals surface area contributed by atoms with Crippen LogP contribution in [-0.4, -0.2) is 7.05 Å². The van der Waals surface area contributed by atoms with E-state index >= 15 is 0 Å². The highest BCUT2D eigenvalue weighted by Gasteiger charge is 2.19. The lowest BCUT2D eigenvalue weighted by Crippen LogP contribution is -2.17. The molecule has 0 amide bonds. The molecule has 0 aliphatic rings. The minimum Gasteiger partial charge on any atom is -0.466 e. The highest BCUT2D eigenvalue weighted by atomic mass is 32.1. The first kappa shape index (κ1) is 12.5. The van der Waals surface area contributed by atoms with Crippen molar-refractivity contribution < 1.29 is 4.42 Å². The maximum Gasteiger partial charge on any atom is 0.106 e. The standard InChI is InChI=1S/C16H17NOS/c1-10-9-14(11(2)18-10)15(17-3)13-6-4-5-12-7-8-19-16(12)13/h4-9,15,17H,1-3H3. The molecular formula is C16H17NOS. The fourth-order valence-electron chi connectivity index (χ4n) is 2.66. The Morgan fingerprint density at radius 2 is 2.00 bits per heavy atom. The van der Waals surface area contributed by atoms with E-state index in [0.29, 0.717) is 0 Å². The highest BCUT2D eigenvalue weighted by molar-refractivity contribution is 7.17. The van der Waals surface area contributed by atoms with Crippen LogP contribution in [0.2, 0.25) is 0 Å². The number of hydrogen-bond acceptors (Lipinski definition) is 3. The molecule has 3 aromatic rings. The summed E-state index contributed by atoms with van der Waals surface area (Å²) in [7, 11) is 2.00. The van der Waals surface area contributed by atoms with Gasteiger partial charge < -0.3 is 9.73 Å². The maximum atomic E-state index is 5.68. The Bertz CT molecular complexity index is 710. The van der Waals surface area contributed by atoms with E-state index in [4.69, 9.17) is 4.42 Å². The van der Waals surface area contributed by atoms with Crippen molar-refractivity contribution >= 4 is 21.4 Å². The Labute approximate surface area is 117 Å². The van der Waals surface area contributed by atoms with E-state index in [-0.39, 0.29) is 6.04 Å². The van der Waals surface area contributed by atoms with Crippen molar-refractivity contribution in [3.05, 3.63) is 58.4 Å². The van der Waals surface area contributed by atoms with Gasteiger partial charge in [0.15, 0.2) is 0 Å². The van der Waals surface area contributed by atoms with Gasteiger partial charge in [0.1, 0.15) is 11.5 Å². The zero-order valence-corrected chi connectivity index (χ0v) is 12.2. The van der Waals surface area contributed by atoms with Crippen LogP contribution in [0.1, 0.15) is 28.7 Å². The van der Waals surface area contributed by atoms with Crippen molar-refractivity contribution in [2.75, 3.05) is 7.05 Å². The molecule has 0 aliphatic carbocycles. The van der Waals surface area contributed by atoms with Crippen LogP contribution in [0.25, 0.3) is 10.1 Å². The molecule has 3 heteroatoms. The number of aryl methyl sites for hydroxylation is 2. The first-order valence-electron chi connectivity index (χ1n) is 6.41. The summed E-state index contributed by atoms with van der Waals surface area (Å²) in [4.78, 5) is 0. The van der Waals surface area contributed by atoms with Crippen molar-refractivity contribution in [3.8, 4) is 0 Å². The quantitative estimate of drug-likeness (QED) is 0.763. The number of furan rings is 1. The normalized spacial score (nSPS) is 13.0. The molecule has 3 rings (SSSR count). The monoisotopic (exact) mass is 271 g/mol. The number of nitrogens with one attached hydrogen (secondary N) is 1.